The highest BCUT2D eigenvalue weighted by atomic mass is 32.2. The highest BCUT2D eigenvalue weighted by Crippen LogP contribution is 2.39. The zero-order valence-electron chi connectivity index (χ0n) is 17.2. The average molecular weight is 489 g/mol. The number of nitrogens with one attached hydrogen (secondary N) is 1. The minimum absolute atomic E-state index is 0.0789. The monoisotopic (exact) mass is 488 g/mol. The molecule has 13 heteroatoms. The van der Waals surface area contributed by atoms with E-state index in [1.807, 2.05) is 0 Å². The van der Waals surface area contributed by atoms with Crippen molar-refractivity contribution in [1.82, 2.24) is 9.88 Å². The Kier molecular flexibility index (Phi) is 6.17. The molecular formula is C19H19F3N4O4S2. The van der Waals surface area contributed by atoms with E-state index in [9.17, 15) is 31.2 Å². The Bertz CT molecular complexity index is 1150. The third-order valence-electron chi connectivity index (χ3n) is 4.69. The number of anilines is 2. The molecule has 3 amide bonds. The quantitative estimate of drug-likeness (QED) is 0.490. The number of hydrogen-bond donors (Lipinski definition) is 1. The second-order valence-corrected chi connectivity index (χ2v) is 10.4. The molecule has 0 unspecified atom stereocenters. The van der Waals surface area contributed by atoms with Gasteiger partial charge in [-0.2, -0.15) is 13.2 Å². The largest absolute Gasteiger partial charge is 0.446 e. The minimum atomic E-state index is -4.46. The first-order chi connectivity index (χ1) is 14.7. The lowest BCUT2D eigenvalue weighted by Gasteiger charge is -2.28. The van der Waals surface area contributed by atoms with Crippen molar-refractivity contribution in [3.05, 3.63) is 48.3 Å². The number of alkyl halides is 3. The van der Waals surface area contributed by atoms with Gasteiger partial charge in [-0.1, -0.05) is 0 Å². The standard InChI is InChI=1S/C19H19F3N4O4S2/c1-18(2)16(27)26(13-4-6-14(7-5-13)31-19(20,21)22)17(28)25(18)11-12-8-9-23-10-15(12)24-32(3,29)30/h4-10,24H,11H2,1-3H3. The van der Waals surface area contributed by atoms with Crippen molar-refractivity contribution in [3.8, 4) is 0 Å². The molecule has 8 nitrogen and oxygen atoms in total. The van der Waals surface area contributed by atoms with Crippen LogP contribution in [0.25, 0.3) is 0 Å². The van der Waals surface area contributed by atoms with Crippen molar-refractivity contribution in [1.29, 1.82) is 0 Å². The zero-order valence-corrected chi connectivity index (χ0v) is 18.8. The first-order valence-corrected chi connectivity index (χ1v) is 11.8. The fourth-order valence-corrected chi connectivity index (χ4v) is 4.27. The normalized spacial score (nSPS) is 16.6. The minimum Gasteiger partial charge on any atom is -0.305 e. The van der Waals surface area contributed by atoms with Gasteiger partial charge in [-0.3, -0.25) is 14.5 Å². The topological polar surface area (TPSA) is 99.7 Å². The summed E-state index contributed by atoms with van der Waals surface area (Å²) in [6.07, 6.45) is 3.69. The van der Waals surface area contributed by atoms with E-state index < -0.39 is 33.0 Å². The van der Waals surface area contributed by atoms with Crippen LogP contribution in [-0.2, 0) is 21.4 Å². The summed E-state index contributed by atoms with van der Waals surface area (Å²) >= 11 is -0.299. The van der Waals surface area contributed by atoms with Gasteiger partial charge >= 0.3 is 11.5 Å². The zero-order chi connectivity index (χ0) is 23.9. The number of aromatic nitrogens is 1. The van der Waals surface area contributed by atoms with E-state index in [1.165, 1.54) is 61.5 Å². The number of carbonyl (C=O) groups excluding carboxylic acids is 2. The number of thioether (sulfide) groups is 1. The first-order valence-electron chi connectivity index (χ1n) is 9.12. The van der Waals surface area contributed by atoms with Crippen LogP contribution in [0.3, 0.4) is 0 Å². The molecule has 2 aromatic rings. The predicted octanol–water partition coefficient (Wildman–Crippen LogP) is 3.81. The molecule has 3 rings (SSSR count). The number of rotatable bonds is 6. The van der Waals surface area contributed by atoms with Crippen molar-refractivity contribution < 1.29 is 31.2 Å². The van der Waals surface area contributed by atoms with Crippen LogP contribution in [0, 0.1) is 0 Å². The van der Waals surface area contributed by atoms with Crippen molar-refractivity contribution in [3.63, 3.8) is 0 Å². The summed E-state index contributed by atoms with van der Waals surface area (Å²) in [5.74, 6) is -0.564. The van der Waals surface area contributed by atoms with Crippen LogP contribution in [0.5, 0.6) is 0 Å². The highest BCUT2D eigenvalue weighted by Gasteiger charge is 2.51. The molecule has 1 aromatic carbocycles. The van der Waals surface area contributed by atoms with E-state index in [0.717, 1.165) is 11.2 Å². The molecule has 0 bridgehead atoms. The number of urea groups is 1. The molecule has 0 atom stereocenters. The van der Waals surface area contributed by atoms with Gasteiger partial charge in [0.1, 0.15) is 5.54 Å². The number of hydrogen-bond acceptors (Lipinski definition) is 6. The van der Waals surface area contributed by atoms with Crippen LogP contribution >= 0.6 is 11.8 Å². The number of pyridine rings is 1. The summed E-state index contributed by atoms with van der Waals surface area (Å²) < 4.78 is 63.2. The molecule has 1 fully saturated rings. The van der Waals surface area contributed by atoms with Gasteiger partial charge in [-0.25, -0.2) is 18.1 Å². The lowest BCUT2D eigenvalue weighted by atomic mass is 10.0. The summed E-state index contributed by atoms with van der Waals surface area (Å²) in [4.78, 5) is 32.1. The summed E-state index contributed by atoms with van der Waals surface area (Å²) in [7, 11) is -3.61. The summed E-state index contributed by atoms with van der Waals surface area (Å²) in [5.41, 5.74) is -5.04. The number of benzene rings is 1. The Morgan fingerprint density at radius 3 is 2.31 bits per heavy atom. The Hall–Kier alpha value is -2.80. The number of sulfonamides is 1. The van der Waals surface area contributed by atoms with E-state index >= 15 is 0 Å². The molecule has 0 radical (unpaired) electrons. The van der Waals surface area contributed by atoms with Crippen molar-refractivity contribution >= 4 is 45.1 Å². The Morgan fingerprint density at radius 1 is 1.12 bits per heavy atom. The van der Waals surface area contributed by atoms with Crippen molar-refractivity contribution in [2.45, 2.75) is 36.3 Å². The Morgan fingerprint density at radius 2 is 1.75 bits per heavy atom. The van der Waals surface area contributed by atoms with Crippen LogP contribution in [0.4, 0.5) is 29.3 Å². The maximum Gasteiger partial charge on any atom is 0.446 e. The second kappa shape index (κ2) is 8.28. The molecule has 0 spiro atoms. The van der Waals surface area contributed by atoms with Gasteiger partial charge in [0.25, 0.3) is 5.91 Å². The molecule has 1 saturated heterocycles. The van der Waals surface area contributed by atoms with Crippen LogP contribution in [0.1, 0.15) is 19.4 Å². The molecular weight excluding hydrogens is 469 g/mol. The lowest BCUT2D eigenvalue weighted by Crippen LogP contribution is -2.43. The van der Waals surface area contributed by atoms with E-state index in [0.29, 0.717) is 5.56 Å². The molecule has 1 N–H and O–H groups in total. The third kappa shape index (κ3) is 5.15. The molecule has 2 heterocycles. The van der Waals surface area contributed by atoms with Crippen molar-refractivity contribution in [2.24, 2.45) is 0 Å². The van der Waals surface area contributed by atoms with E-state index in [2.05, 4.69) is 9.71 Å². The summed E-state index contributed by atoms with van der Waals surface area (Å²) in [6, 6.07) is 5.74. The number of nitrogens with zero attached hydrogens (tertiary/aromatic N) is 3. The molecule has 1 aliphatic rings. The van der Waals surface area contributed by atoms with E-state index in [4.69, 9.17) is 0 Å². The number of amides is 3. The van der Waals surface area contributed by atoms with Crippen LogP contribution < -0.4 is 9.62 Å². The number of halogens is 3. The maximum absolute atomic E-state index is 13.1. The Labute approximate surface area is 186 Å². The van der Waals surface area contributed by atoms with Gasteiger partial charge in [0, 0.05) is 11.1 Å². The van der Waals surface area contributed by atoms with Gasteiger partial charge in [0.15, 0.2) is 0 Å². The maximum atomic E-state index is 13.1. The van der Waals surface area contributed by atoms with Gasteiger partial charge in [0.05, 0.1) is 30.4 Å². The third-order valence-corrected chi connectivity index (χ3v) is 6.02. The number of carbonyl (C=O) groups is 2. The average Bonchev–Trinajstić information content (AvgIpc) is 2.81. The predicted molar refractivity (Wildman–Crippen MR) is 114 cm³/mol. The molecule has 0 aliphatic carbocycles. The molecule has 1 aromatic heterocycles. The van der Waals surface area contributed by atoms with Crippen molar-refractivity contribution in [2.75, 3.05) is 15.9 Å². The summed E-state index contributed by atoms with van der Waals surface area (Å²) in [5, 5.41) is 0. The number of imide groups is 1. The van der Waals surface area contributed by atoms with Gasteiger partial charge in [-0.15, -0.1) is 0 Å². The first kappa shape index (κ1) is 23.9. The second-order valence-electron chi connectivity index (χ2n) is 7.52. The van der Waals surface area contributed by atoms with Gasteiger partial charge in [-0.05, 0) is 61.5 Å². The smallest absolute Gasteiger partial charge is 0.305 e. The van der Waals surface area contributed by atoms with Crippen LogP contribution in [-0.4, -0.2) is 47.5 Å². The van der Waals surface area contributed by atoms with E-state index in [-0.39, 0.29) is 34.6 Å². The molecule has 0 saturated carbocycles. The van der Waals surface area contributed by atoms with Crippen LogP contribution in [0.15, 0.2) is 47.6 Å². The summed E-state index contributed by atoms with van der Waals surface area (Å²) in [6.45, 7) is 2.97. The lowest BCUT2D eigenvalue weighted by molar-refractivity contribution is -0.123. The SMILES string of the molecule is CC1(C)C(=O)N(c2ccc(SC(F)(F)F)cc2)C(=O)N1Cc1ccncc1NS(C)(=O)=O. The van der Waals surface area contributed by atoms with Crippen LogP contribution in [0.2, 0.25) is 0 Å². The Balaban J connectivity index is 1.90. The fraction of sp³-hybridized carbons (Fsp3) is 0.316. The molecule has 172 valence electrons. The highest BCUT2D eigenvalue weighted by molar-refractivity contribution is 8.00. The molecule has 1 aliphatic heterocycles. The molecule has 32 heavy (non-hydrogen) atoms. The van der Waals surface area contributed by atoms with E-state index in [1.54, 1.807) is 0 Å². The fourth-order valence-electron chi connectivity index (χ4n) is 3.15. The van der Waals surface area contributed by atoms with Gasteiger partial charge in [0.2, 0.25) is 10.0 Å². The van der Waals surface area contributed by atoms with Gasteiger partial charge < -0.3 is 4.90 Å².